The molecular weight excluding hydrogens is 469 g/mol. The van der Waals surface area contributed by atoms with Gasteiger partial charge in [-0.3, -0.25) is 9.78 Å². The Balaban J connectivity index is 1.43. The van der Waals surface area contributed by atoms with Crippen LogP contribution in [-0.4, -0.2) is 61.8 Å². The fraction of sp³-hybridized carbons (Fsp3) is 0.467. The summed E-state index contributed by atoms with van der Waals surface area (Å²) in [6.07, 6.45) is 4.00. The van der Waals surface area contributed by atoms with Crippen LogP contribution in [-0.2, 0) is 11.2 Å². The molecule has 1 aliphatic rings. The van der Waals surface area contributed by atoms with Crippen molar-refractivity contribution in [1.82, 2.24) is 9.88 Å². The quantitative estimate of drug-likeness (QED) is 0.349. The van der Waals surface area contributed by atoms with Crippen LogP contribution in [0, 0.1) is 5.41 Å². The van der Waals surface area contributed by atoms with Gasteiger partial charge in [0.05, 0.1) is 29.9 Å². The maximum atomic E-state index is 16.0. The minimum atomic E-state index is -1.31. The van der Waals surface area contributed by atoms with Crippen molar-refractivity contribution in [3.05, 3.63) is 65.9 Å². The highest BCUT2D eigenvalue weighted by Gasteiger charge is 2.41. The molecule has 37 heavy (non-hydrogen) atoms. The van der Waals surface area contributed by atoms with Gasteiger partial charge in [-0.15, -0.1) is 0 Å². The van der Waals surface area contributed by atoms with Gasteiger partial charge in [0.2, 0.25) is 0 Å². The van der Waals surface area contributed by atoms with Crippen LogP contribution in [0.1, 0.15) is 49.4 Å². The molecule has 6 nitrogen and oxygen atoms in total. The monoisotopic (exact) mass is 507 g/mol. The Kier molecular flexibility index (Phi) is 8.64. The first-order valence-electron chi connectivity index (χ1n) is 13.1. The van der Waals surface area contributed by atoms with Crippen LogP contribution in [0.4, 0.5) is 10.1 Å². The smallest absolute Gasteiger partial charge is 0.309 e. The van der Waals surface area contributed by atoms with Crippen molar-refractivity contribution in [2.75, 3.05) is 45.7 Å². The highest BCUT2D eigenvalue weighted by atomic mass is 19.1. The predicted molar refractivity (Wildman–Crippen MR) is 146 cm³/mol. The highest BCUT2D eigenvalue weighted by molar-refractivity contribution is 5.88. The molecule has 1 atom stereocenters. The van der Waals surface area contributed by atoms with Crippen molar-refractivity contribution < 1.29 is 19.0 Å². The number of benzene rings is 2. The number of aromatic nitrogens is 1. The number of piperidine rings is 1. The minimum absolute atomic E-state index is 0.150. The number of carboxylic acids is 1. The van der Waals surface area contributed by atoms with Crippen molar-refractivity contribution in [3.63, 3.8) is 0 Å². The molecule has 1 N–H and O–H groups in total. The Morgan fingerprint density at radius 2 is 1.92 bits per heavy atom. The SMILES string of the molecule is COc1ccc2ncc(N(C)C)c(C(F)CCC3(C(=O)O)CCN(CCCc4ccccc4)CC3)c2c1. The van der Waals surface area contributed by atoms with Crippen LogP contribution in [0.25, 0.3) is 10.9 Å². The molecule has 7 heteroatoms. The number of hydrogen-bond donors (Lipinski definition) is 1. The van der Waals surface area contributed by atoms with Gasteiger partial charge in [-0.05, 0) is 81.9 Å². The molecule has 0 aliphatic carbocycles. The van der Waals surface area contributed by atoms with E-state index in [0.717, 1.165) is 32.5 Å². The molecule has 0 spiro atoms. The number of rotatable bonds is 11. The maximum absolute atomic E-state index is 16.0. The summed E-state index contributed by atoms with van der Waals surface area (Å²) in [5.74, 6) is -0.168. The number of nitrogens with zero attached hydrogens (tertiary/aromatic N) is 3. The van der Waals surface area contributed by atoms with Crippen molar-refractivity contribution in [1.29, 1.82) is 0 Å². The van der Waals surface area contributed by atoms with Crippen LogP contribution in [0.3, 0.4) is 0 Å². The lowest BCUT2D eigenvalue weighted by molar-refractivity contribution is -0.153. The third-order valence-corrected chi connectivity index (χ3v) is 7.82. The number of anilines is 1. The maximum Gasteiger partial charge on any atom is 0.309 e. The number of ether oxygens (including phenoxy) is 1. The summed E-state index contributed by atoms with van der Waals surface area (Å²) in [6.45, 7) is 2.42. The first kappa shape index (κ1) is 26.9. The lowest BCUT2D eigenvalue weighted by Gasteiger charge is -2.39. The molecule has 0 radical (unpaired) electrons. The molecule has 1 saturated heterocycles. The standard InChI is InChI=1S/C30H38FN3O3/c1-33(2)27-21-32-26-12-11-23(37-3)20-24(26)28(27)25(31)13-14-30(29(35)36)15-18-34(19-16-30)17-7-10-22-8-5-4-6-9-22/h4-6,8-9,11-12,20-21,25H,7,10,13-19H2,1-3H3,(H,35,36). The fourth-order valence-corrected chi connectivity index (χ4v) is 5.47. The third-order valence-electron chi connectivity index (χ3n) is 7.82. The molecule has 4 rings (SSSR count). The van der Waals surface area contributed by atoms with Crippen LogP contribution in [0.15, 0.2) is 54.7 Å². The Bertz CT molecular complexity index is 1190. The van der Waals surface area contributed by atoms with Gasteiger partial charge in [0, 0.05) is 25.0 Å². The number of pyridine rings is 1. The average molecular weight is 508 g/mol. The van der Waals surface area contributed by atoms with E-state index in [4.69, 9.17) is 4.74 Å². The number of aryl methyl sites for hydroxylation is 1. The Morgan fingerprint density at radius 3 is 2.57 bits per heavy atom. The van der Waals surface area contributed by atoms with E-state index in [2.05, 4.69) is 34.1 Å². The normalized spacial score (nSPS) is 16.4. The lowest BCUT2D eigenvalue weighted by Crippen LogP contribution is -2.44. The van der Waals surface area contributed by atoms with Gasteiger partial charge < -0.3 is 19.6 Å². The van der Waals surface area contributed by atoms with E-state index >= 15 is 4.39 Å². The van der Waals surface area contributed by atoms with Crippen LogP contribution < -0.4 is 9.64 Å². The first-order chi connectivity index (χ1) is 17.8. The number of carbonyl (C=O) groups is 1. The van der Waals surface area contributed by atoms with Gasteiger partial charge in [0.1, 0.15) is 11.9 Å². The molecular formula is C30H38FN3O3. The van der Waals surface area contributed by atoms with Crippen molar-refractivity contribution in [2.24, 2.45) is 5.41 Å². The van der Waals surface area contributed by atoms with Crippen LogP contribution in [0.2, 0.25) is 0 Å². The summed E-state index contributed by atoms with van der Waals surface area (Å²) in [7, 11) is 5.32. The number of aliphatic carboxylic acids is 1. The molecule has 198 valence electrons. The molecule has 1 unspecified atom stereocenters. The average Bonchev–Trinajstić information content (AvgIpc) is 2.91. The van der Waals surface area contributed by atoms with E-state index in [1.807, 2.05) is 43.3 Å². The fourth-order valence-electron chi connectivity index (χ4n) is 5.47. The van der Waals surface area contributed by atoms with Gasteiger partial charge in [-0.25, -0.2) is 4.39 Å². The Hall–Kier alpha value is -3.19. The van der Waals surface area contributed by atoms with Crippen molar-refractivity contribution in [2.45, 2.75) is 44.7 Å². The van der Waals surface area contributed by atoms with Crippen LogP contribution >= 0.6 is 0 Å². The van der Waals surface area contributed by atoms with E-state index in [0.29, 0.717) is 47.2 Å². The van der Waals surface area contributed by atoms with Gasteiger partial charge in [0.25, 0.3) is 0 Å². The highest BCUT2D eigenvalue weighted by Crippen LogP contribution is 2.43. The second-order valence-corrected chi connectivity index (χ2v) is 10.4. The number of likely N-dealkylation sites (tertiary alicyclic amines) is 1. The van der Waals surface area contributed by atoms with E-state index in [-0.39, 0.29) is 6.42 Å². The summed E-state index contributed by atoms with van der Waals surface area (Å²) in [5.41, 5.74) is 2.38. The molecule has 2 aromatic carbocycles. The molecule has 1 fully saturated rings. The van der Waals surface area contributed by atoms with Gasteiger partial charge in [-0.2, -0.15) is 0 Å². The van der Waals surface area contributed by atoms with E-state index < -0.39 is 17.6 Å². The molecule has 0 amide bonds. The van der Waals surface area contributed by atoms with Gasteiger partial charge >= 0.3 is 5.97 Å². The number of methoxy groups -OCH3 is 1. The molecule has 2 heterocycles. The first-order valence-corrected chi connectivity index (χ1v) is 13.1. The molecule has 1 aromatic heterocycles. The number of carboxylic acid groups (broad SMARTS) is 1. The summed E-state index contributed by atoms with van der Waals surface area (Å²) >= 11 is 0. The number of fused-ring (bicyclic) bond motifs is 1. The molecule has 1 aliphatic heterocycles. The van der Waals surface area contributed by atoms with Gasteiger partial charge in [-0.1, -0.05) is 30.3 Å². The second kappa shape index (κ2) is 11.9. The molecule has 0 saturated carbocycles. The van der Waals surface area contributed by atoms with E-state index in [9.17, 15) is 9.90 Å². The largest absolute Gasteiger partial charge is 0.497 e. The zero-order chi connectivity index (χ0) is 26.4. The topological polar surface area (TPSA) is 65.9 Å². The predicted octanol–water partition coefficient (Wildman–Crippen LogP) is 5.90. The second-order valence-electron chi connectivity index (χ2n) is 10.4. The molecule has 3 aromatic rings. The zero-order valence-corrected chi connectivity index (χ0v) is 22.1. The van der Waals surface area contributed by atoms with Crippen molar-refractivity contribution in [3.8, 4) is 5.75 Å². The Labute approximate surface area is 219 Å². The molecule has 0 bridgehead atoms. The minimum Gasteiger partial charge on any atom is -0.497 e. The van der Waals surface area contributed by atoms with Gasteiger partial charge in [0.15, 0.2) is 0 Å². The van der Waals surface area contributed by atoms with E-state index in [1.165, 1.54) is 5.56 Å². The summed E-state index contributed by atoms with van der Waals surface area (Å²) in [4.78, 5) is 21.1. The number of alkyl halides is 1. The Morgan fingerprint density at radius 1 is 1.19 bits per heavy atom. The zero-order valence-electron chi connectivity index (χ0n) is 22.1. The summed E-state index contributed by atoms with van der Waals surface area (Å²) in [6, 6.07) is 15.9. The van der Waals surface area contributed by atoms with Crippen LogP contribution in [0.5, 0.6) is 5.75 Å². The number of halogens is 1. The summed E-state index contributed by atoms with van der Waals surface area (Å²) in [5, 5.41) is 10.9. The van der Waals surface area contributed by atoms with Crippen molar-refractivity contribution >= 4 is 22.6 Å². The third kappa shape index (κ3) is 6.21. The number of hydrogen-bond acceptors (Lipinski definition) is 5. The summed E-state index contributed by atoms with van der Waals surface area (Å²) < 4.78 is 21.4. The van der Waals surface area contributed by atoms with E-state index in [1.54, 1.807) is 13.3 Å². The lowest BCUT2D eigenvalue weighted by atomic mass is 9.74.